The summed E-state index contributed by atoms with van der Waals surface area (Å²) in [6.07, 6.45) is 4.39. The van der Waals surface area contributed by atoms with Crippen molar-refractivity contribution in [2.24, 2.45) is 11.1 Å². The SMILES string of the molecule is CN1CC(C)(C)C[C@H]1C(=N)n1cc(O[C@@H]2CC[C@H](N)c3ccccc32)ccc1=N. The van der Waals surface area contributed by atoms with Gasteiger partial charge in [-0.25, -0.2) is 0 Å². The first-order valence-electron chi connectivity index (χ1n) is 10.3. The van der Waals surface area contributed by atoms with Gasteiger partial charge in [-0.3, -0.25) is 20.3 Å². The number of pyridine rings is 1. The molecule has 3 atom stereocenters. The Hall–Kier alpha value is -2.44. The maximum Gasteiger partial charge on any atom is 0.137 e. The first kappa shape index (κ1) is 19.9. The van der Waals surface area contributed by atoms with Gasteiger partial charge < -0.3 is 10.5 Å². The standard InChI is InChI=1S/C23H31N5O/c1-23(2)12-19(27(3)14-23)22(26)28-13-15(8-11-21(28)25)29-20-10-9-18(24)16-6-4-5-7-17(16)20/h4-8,11,13,18-20,25-26H,9-10,12,14,24H2,1-3H3/t18-,19-,20+/m0/s1. The quantitative estimate of drug-likeness (QED) is 0.551. The number of hydrogen-bond donors (Lipinski definition) is 3. The van der Waals surface area contributed by atoms with Crippen LogP contribution in [-0.2, 0) is 0 Å². The van der Waals surface area contributed by atoms with Crippen LogP contribution in [0.3, 0.4) is 0 Å². The molecule has 0 spiro atoms. The van der Waals surface area contributed by atoms with Gasteiger partial charge in [0.1, 0.15) is 23.2 Å². The molecular weight excluding hydrogens is 362 g/mol. The topological polar surface area (TPSA) is 91.1 Å². The number of nitrogens with zero attached hydrogens (tertiary/aromatic N) is 2. The molecular formula is C23H31N5O. The molecule has 1 aliphatic heterocycles. The highest BCUT2D eigenvalue weighted by Crippen LogP contribution is 2.37. The van der Waals surface area contributed by atoms with E-state index in [-0.39, 0.29) is 23.6 Å². The molecule has 0 bridgehead atoms. The molecule has 1 aromatic carbocycles. The van der Waals surface area contributed by atoms with Crippen molar-refractivity contribution in [3.63, 3.8) is 0 Å². The molecule has 0 radical (unpaired) electrons. The molecule has 6 nitrogen and oxygen atoms in total. The highest BCUT2D eigenvalue weighted by Gasteiger charge is 2.38. The van der Waals surface area contributed by atoms with E-state index in [1.165, 1.54) is 0 Å². The number of aromatic nitrogens is 1. The summed E-state index contributed by atoms with van der Waals surface area (Å²) in [5.41, 5.74) is 9.03. The molecule has 1 aromatic heterocycles. The van der Waals surface area contributed by atoms with Gasteiger partial charge in [-0.15, -0.1) is 0 Å². The highest BCUT2D eigenvalue weighted by atomic mass is 16.5. The van der Waals surface area contributed by atoms with Gasteiger partial charge in [0, 0.05) is 12.6 Å². The average Bonchev–Trinajstić information content (AvgIpc) is 2.97. The molecule has 1 fully saturated rings. The first-order chi connectivity index (χ1) is 13.7. The van der Waals surface area contributed by atoms with E-state index in [2.05, 4.69) is 37.9 Å². The number of nitrogens with two attached hydrogens (primary N) is 1. The monoisotopic (exact) mass is 393 g/mol. The lowest BCUT2D eigenvalue weighted by Crippen LogP contribution is -2.40. The highest BCUT2D eigenvalue weighted by molar-refractivity contribution is 5.87. The lowest BCUT2D eigenvalue weighted by atomic mass is 9.86. The number of rotatable bonds is 3. The Bertz CT molecular complexity index is 979. The Morgan fingerprint density at radius 3 is 2.55 bits per heavy atom. The minimum atomic E-state index is -0.0571. The van der Waals surface area contributed by atoms with Crippen LogP contribution in [0, 0.1) is 16.2 Å². The predicted molar refractivity (Wildman–Crippen MR) is 114 cm³/mol. The predicted octanol–water partition coefficient (Wildman–Crippen LogP) is 3.44. The maximum absolute atomic E-state index is 8.76. The summed E-state index contributed by atoms with van der Waals surface area (Å²) < 4.78 is 7.99. The molecule has 0 amide bonds. The smallest absolute Gasteiger partial charge is 0.137 e. The van der Waals surface area contributed by atoms with Crippen molar-refractivity contribution in [3.05, 3.63) is 59.2 Å². The van der Waals surface area contributed by atoms with E-state index in [1.807, 2.05) is 18.2 Å². The lowest BCUT2D eigenvalue weighted by molar-refractivity contribution is 0.176. The molecule has 1 saturated heterocycles. The van der Waals surface area contributed by atoms with Gasteiger partial charge >= 0.3 is 0 Å². The van der Waals surface area contributed by atoms with Crippen LogP contribution in [0.15, 0.2) is 42.6 Å². The molecule has 2 heterocycles. The van der Waals surface area contributed by atoms with Gasteiger partial charge in [-0.05, 0) is 55.0 Å². The third-order valence-electron chi connectivity index (χ3n) is 6.21. The van der Waals surface area contributed by atoms with E-state index in [0.29, 0.717) is 17.1 Å². The van der Waals surface area contributed by atoms with Gasteiger partial charge in [-0.1, -0.05) is 38.1 Å². The van der Waals surface area contributed by atoms with Crippen LogP contribution in [0.5, 0.6) is 5.75 Å². The maximum atomic E-state index is 8.76. The van der Waals surface area contributed by atoms with Gasteiger partial charge in [-0.2, -0.15) is 0 Å². The zero-order valence-corrected chi connectivity index (χ0v) is 17.5. The number of hydrogen-bond acceptors (Lipinski definition) is 5. The average molecular weight is 394 g/mol. The summed E-state index contributed by atoms with van der Waals surface area (Å²) in [5.74, 6) is 1.11. The van der Waals surface area contributed by atoms with Crippen LogP contribution in [0.1, 0.15) is 56.4 Å². The van der Waals surface area contributed by atoms with Crippen LogP contribution in [0.4, 0.5) is 0 Å². The van der Waals surface area contributed by atoms with Crippen molar-refractivity contribution in [2.45, 2.75) is 51.3 Å². The summed E-state index contributed by atoms with van der Waals surface area (Å²) in [6.45, 7) is 5.41. The van der Waals surface area contributed by atoms with Crippen molar-refractivity contribution in [1.82, 2.24) is 9.47 Å². The zero-order valence-electron chi connectivity index (χ0n) is 17.5. The minimum Gasteiger partial charge on any atom is -0.484 e. The number of fused-ring (bicyclic) bond motifs is 1. The van der Waals surface area contributed by atoms with E-state index in [4.69, 9.17) is 21.3 Å². The van der Waals surface area contributed by atoms with Crippen LogP contribution in [0.25, 0.3) is 0 Å². The van der Waals surface area contributed by atoms with Crippen molar-refractivity contribution < 1.29 is 4.74 Å². The van der Waals surface area contributed by atoms with Crippen LogP contribution >= 0.6 is 0 Å². The van der Waals surface area contributed by atoms with Crippen LogP contribution in [0.2, 0.25) is 0 Å². The number of likely N-dealkylation sites (N-methyl/N-ethyl adjacent to an activating group) is 1. The van der Waals surface area contributed by atoms with Gasteiger partial charge in [0.2, 0.25) is 0 Å². The molecule has 0 saturated carbocycles. The van der Waals surface area contributed by atoms with E-state index >= 15 is 0 Å². The molecule has 154 valence electrons. The fraction of sp³-hybridized carbons (Fsp3) is 0.478. The number of benzene rings is 1. The number of ether oxygens (including phenoxy) is 1. The number of nitrogens with one attached hydrogen (secondary N) is 2. The van der Waals surface area contributed by atoms with Crippen LogP contribution < -0.4 is 16.0 Å². The largest absolute Gasteiger partial charge is 0.484 e. The Balaban J connectivity index is 1.59. The van der Waals surface area contributed by atoms with Crippen molar-refractivity contribution in [2.75, 3.05) is 13.6 Å². The molecule has 2 aliphatic rings. The second kappa shape index (κ2) is 7.43. The lowest BCUT2D eigenvalue weighted by Gasteiger charge is -2.30. The second-order valence-corrected chi connectivity index (χ2v) is 9.22. The molecule has 0 unspecified atom stereocenters. The summed E-state index contributed by atoms with van der Waals surface area (Å²) in [6, 6.07) is 11.8. The summed E-state index contributed by atoms with van der Waals surface area (Å²) >= 11 is 0. The third kappa shape index (κ3) is 3.87. The van der Waals surface area contributed by atoms with Gasteiger partial charge in [0.05, 0.1) is 12.2 Å². The fourth-order valence-corrected chi connectivity index (χ4v) is 4.82. The normalized spacial score (nSPS) is 26.1. The van der Waals surface area contributed by atoms with E-state index in [9.17, 15) is 0 Å². The molecule has 29 heavy (non-hydrogen) atoms. The summed E-state index contributed by atoms with van der Waals surface area (Å²) in [7, 11) is 2.06. The first-order valence-corrected chi connectivity index (χ1v) is 10.3. The van der Waals surface area contributed by atoms with Crippen molar-refractivity contribution >= 4 is 5.84 Å². The third-order valence-corrected chi connectivity index (χ3v) is 6.21. The van der Waals surface area contributed by atoms with E-state index < -0.39 is 0 Å². The van der Waals surface area contributed by atoms with E-state index in [1.54, 1.807) is 16.8 Å². The minimum absolute atomic E-state index is 0.00255. The Labute approximate surface area is 172 Å². The zero-order chi connectivity index (χ0) is 20.8. The second-order valence-electron chi connectivity index (χ2n) is 9.22. The summed E-state index contributed by atoms with van der Waals surface area (Å²) in [5, 5.41) is 17.1. The van der Waals surface area contributed by atoms with Crippen LogP contribution in [-0.4, -0.2) is 34.9 Å². The van der Waals surface area contributed by atoms with Gasteiger partial charge in [0.15, 0.2) is 0 Å². The van der Waals surface area contributed by atoms with Crippen molar-refractivity contribution in [1.29, 1.82) is 10.8 Å². The molecule has 4 N–H and O–H groups in total. The fourth-order valence-electron chi connectivity index (χ4n) is 4.82. The molecule has 2 aromatic rings. The Morgan fingerprint density at radius 1 is 1.14 bits per heavy atom. The summed E-state index contributed by atoms with van der Waals surface area (Å²) in [4.78, 5) is 2.21. The molecule has 4 rings (SSSR count). The van der Waals surface area contributed by atoms with E-state index in [0.717, 1.165) is 36.9 Å². The molecule has 1 aliphatic carbocycles. The molecule has 6 heteroatoms. The van der Waals surface area contributed by atoms with Gasteiger partial charge in [0.25, 0.3) is 0 Å². The number of likely N-dealkylation sites (tertiary alicyclic amines) is 1. The Kier molecular flexibility index (Phi) is 5.09. The van der Waals surface area contributed by atoms with Crippen molar-refractivity contribution in [3.8, 4) is 5.75 Å². The Morgan fingerprint density at radius 2 is 1.86 bits per heavy atom.